The van der Waals surface area contributed by atoms with E-state index >= 15 is 0 Å². The molecule has 0 radical (unpaired) electrons. The van der Waals surface area contributed by atoms with Crippen LogP contribution in [0, 0.1) is 6.92 Å². The van der Waals surface area contributed by atoms with Crippen LogP contribution in [0.5, 0.6) is 0 Å². The van der Waals surface area contributed by atoms with Gasteiger partial charge in [-0.1, -0.05) is 110 Å². The average molecular weight is 466 g/mol. The third-order valence-corrected chi connectivity index (χ3v) is 7.95. The van der Waals surface area contributed by atoms with Crippen LogP contribution in [0.3, 0.4) is 0 Å². The van der Waals surface area contributed by atoms with E-state index in [2.05, 4.69) is 134 Å². The molecule has 0 amide bonds. The lowest BCUT2D eigenvalue weighted by molar-refractivity contribution is 0.777. The van der Waals surface area contributed by atoms with Gasteiger partial charge in [0.1, 0.15) is 0 Å². The number of aromatic nitrogens is 1. The lowest BCUT2D eigenvalue weighted by Gasteiger charge is -2.41. The first-order valence-electron chi connectivity index (χ1n) is 12.8. The van der Waals surface area contributed by atoms with Crippen molar-refractivity contribution in [2.75, 3.05) is 0 Å². The van der Waals surface area contributed by atoms with Gasteiger partial charge in [-0.25, -0.2) is 0 Å². The summed E-state index contributed by atoms with van der Waals surface area (Å²) >= 11 is 0. The zero-order valence-corrected chi connectivity index (χ0v) is 21.0. The van der Waals surface area contributed by atoms with E-state index in [9.17, 15) is 0 Å². The standard InChI is InChI=1S/C35H31N/c1-25-31(23-24-33-34(25)30-21-13-14-22-32(30)36(33)3)35(28-17-9-5-10-18-28,29-19-11-6-12-20-29)26(2)27-15-7-4-8-16-27/h4-5,7-11,13-24H,2,6,12H2,1,3H3. The molecule has 5 aromatic rings. The van der Waals surface area contributed by atoms with Crippen molar-refractivity contribution < 1.29 is 0 Å². The normalized spacial score (nSPS) is 15.1. The third kappa shape index (κ3) is 3.23. The molecule has 1 heterocycles. The Morgan fingerprint density at radius 1 is 0.778 bits per heavy atom. The first-order chi connectivity index (χ1) is 17.6. The van der Waals surface area contributed by atoms with Gasteiger partial charge in [0, 0.05) is 28.9 Å². The van der Waals surface area contributed by atoms with Crippen LogP contribution in [0.15, 0.2) is 127 Å². The average Bonchev–Trinajstić information content (AvgIpc) is 3.24. The van der Waals surface area contributed by atoms with Gasteiger partial charge in [0.25, 0.3) is 0 Å². The summed E-state index contributed by atoms with van der Waals surface area (Å²) in [6.07, 6.45) is 9.19. The minimum atomic E-state index is -0.505. The highest BCUT2D eigenvalue weighted by Gasteiger charge is 2.42. The Bertz CT molecular complexity index is 1650. The molecule has 0 aliphatic heterocycles. The van der Waals surface area contributed by atoms with Crippen molar-refractivity contribution in [3.05, 3.63) is 150 Å². The molecule has 1 unspecified atom stereocenters. The summed E-state index contributed by atoms with van der Waals surface area (Å²) in [6.45, 7) is 7.13. The van der Waals surface area contributed by atoms with Crippen LogP contribution >= 0.6 is 0 Å². The second-order valence-corrected chi connectivity index (χ2v) is 9.81. The molecule has 0 fully saturated rings. The minimum Gasteiger partial charge on any atom is -0.344 e. The molecular formula is C35H31N. The van der Waals surface area contributed by atoms with Gasteiger partial charge in [-0.2, -0.15) is 0 Å². The molecule has 1 atom stereocenters. The molecular weight excluding hydrogens is 434 g/mol. The van der Waals surface area contributed by atoms with Crippen molar-refractivity contribution in [2.45, 2.75) is 25.2 Å². The van der Waals surface area contributed by atoms with Gasteiger partial charge in [0.15, 0.2) is 0 Å². The molecule has 0 saturated heterocycles. The van der Waals surface area contributed by atoms with Crippen LogP contribution in [0.1, 0.15) is 35.1 Å². The topological polar surface area (TPSA) is 4.93 Å². The predicted molar refractivity (Wildman–Crippen MR) is 154 cm³/mol. The smallest absolute Gasteiger partial charge is 0.0701 e. The SMILES string of the molecule is C=C(c1ccccc1)C(C1=CCCC=C1)(c1ccccc1)c1ccc2c(c1C)c1ccccc1n2C. The number of hydrogen-bond donors (Lipinski definition) is 0. The van der Waals surface area contributed by atoms with Gasteiger partial charge in [0.05, 0.1) is 5.41 Å². The van der Waals surface area contributed by atoms with E-state index in [4.69, 9.17) is 6.58 Å². The van der Waals surface area contributed by atoms with Gasteiger partial charge in [-0.15, -0.1) is 0 Å². The molecule has 1 nitrogen and oxygen atoms in total. The molecule has 6 rings (SSSR count). The molecule has 4 aromatic carbocycles. The van der Waals surface area contributed by atoms with Crippen LogP contribution in [-0.4, -0.2) is 4.57 Å². The maximum Gasteiger partial charge on any atom is 0.0701 e. The number of nitrogens with zero attached hydrogens (tertiary/aromatic N) is 1. The molecule has 1 aliphatic carbocycles. The minimum absolute atomic E-state index is 0.505. The fourth-order valence-corrected chi connectivity index (χ4v) is 6.25. The number of benzene rings is 4. The second kappa shape index (κ2) is 8.84. The van der Waals surface area contributed by atoms with E-state index in [-0.39, 0.29) is 0 Å². The highest BCUT2D eigenvalue weighted by molar-refractivity contribution is 6.10. The summed E-state index contributed by atoms with van der Waals surface area (Å²) in [4.78, 5) is 0. The van der Waals surface area contributed by atoms with E-state index in [1.807, 2.05) is 0 Å². The highest BCUT2D eigenvalue weighted by atomic mass is 14.9. The zero-order chi connectivity index (χ0) is 24.7. The summed E-state index contributed by atoms with van der Waals surface area (Å²) in [6, 6.07) is 35.0. The summed E-state index contributed by atoms with van der Waals surface area (Å²) in [5.41, 5.74) is 9.45. The third-order valence-electron chi connectivity index (χ3n) is 7.95. The Morgan fingerprint density at radius 2 is 1.47 bits per heavy atom. The summed E-state index contributed by atoms with van der Waals surface area (Å²) in [7, 11) is 2.17. The van der Waals surface area contributed by atoms with Crippen molar-refractivity contribution >= 4 is 27.4 Å². The number of hydrogen-bond acceptors (Lipinski definition) is 0. The van der Waals surface area contributed by atoms with E-state index in [0.717, 1.165) is 18.4 Å². The maximum absolute atomic E-state index is 4.83. The Morgan fingerprint density at radius 3 is 2.19 bits per heavy atom. The summed E-state index contributed by atoms with van der Waals surface area (Å²) < 4.78 is 2.32. The Hall–Kier alpha value is -4.10. The lowest BCUT2D eigenvalue weighted by Crippen LogP contribution is -2.32. The maximum atomic E-state index is 4.83. The van der Waals surface area contributed by atoms with Gasteiger partial charge < -0.3 is 4.57 Å². The molecule has 1 aliphatic rings. The lowest BCUT2D eigenvalue weighted by atomic mass is 9.61. The van der Waals surface area contributed by atoms with Gasteiger partial charge in [0.2, 0.25) is 0 Å². The number of aryl methyl sites for hydroxylation is 2. The molecule has 176 valence electrons. The van der Waals surface area contributed by atoms with E-state index in [1.165, 1.54) is 49.6 Å². The number of allylic oxidation sites excluding steroid dienone is 5. The quantitative estimate of drug-likeness (QED) is 0.244. The molecule has 0 bridgehead atoms. The molecule has 0 N–H and O–H groups in total. The van der Waals surface area contributed by atoms with Crippen LogP contribution in [0.2, 0.25) is 0 Å². The first kappa shape index (κ1) is 22.4. The predicted octanol–water partition coefficient (Wildman–Crippen LogP) is 8.92. The first-order valence-corrected chi connectivity index (χ1v) is 12.8. The van der Waals surface area contributed by atoms with Crippen molar-refractivity contribution in [3.8, 4) is 0 Å². The van der Waals surface area contributed by atoms with Crippen LogP contribution in [0.4, 0.5) is 0 Å². The molecule has 0 saturated carbocycles. The van der Waals surface area contributed by atoms with Crippen LogP contribution in [-0.2, 0) is 12.5 Å². The van der Waals surface area contributed by atoms with E-state index in [1.54, 1.807) is 0 Å². The van der Waals surface area contributed by atoms with Crippen LogP contribution < -0.4 is 0 Å². The number of para-hydroxylation sites is 1. The van der Waals surface area contributed by atoms with Crippen molar-refractivity contribution in [1.82, 2.24) is 4.57 Å². The zero-order valence-electron chi connectivity index (χ0n) is 21.0. The van der Waals surface area contributed by atoms with Crippen molar-refractivity contribution in [2.24, 2.45) is 7.05 Å². The molecule has 1 heteroatoms. The highest BCUT2D eigenvalue weighted by Crippen LogP contribution is 2.52. The summed E-state index contributed by atoms with van der Waals surface area (Å²) in [5, 5.41) is 2.63. The van der Waals surface area contributed by atoms with Gasteiger partial charge in [-0.05, 0) is 65.3 Å². The summed E-state index contributed by atoms with van der Waals surface area (Å²) in [5.74, 6) is 0. The Balaban J connectivity index is 1.77. The molecule has 1 aromatic heterocycles. The monoisotopic (exact) mass is 465 g/mol. The van der Waals surface area contributed by atoms with Crippen molar-refractivity contribution in [1.29, 1.82) is 0 Å². The van der Waals surface area contributed by atoms with E-state index in [0.29, 0.717) is 0 Å². The second-order valence-electron chi connectivity index (χ2n) is 9.81. The van der Waals surface area contributed by atoms with Gasteiger partial charge in [-0.3, -0.25) is 0 Å². The largest absolute Gasteiger partial charge is 0.344 e. The van der Waals surface area contributed by atoms with Crippen molar-refractivity contribution in [3.63, 3.8) is 0 Å². The number of rotatable bonds is 5. The Kier molecular flexibility index (Phi) is 5.49. The Labute approximate surface area is 213 Å². The number of fused-ring (bicyclic) bond motifs is 3. The van der Waals surface area contributed by atoms with E-state index < -0.39 is 5.41 Å². The molecule has 36 heavy (non-hydrogen) atoms. The molecule has 0 spiro atoms. The van der Waals surface area contributed by atoms with Crippen LogP contribution in [0.25, 0.3) is 27.4 Å². The van der Waals surface area contributed by atoms with Gasteiger partial charge >= 0.3 is 0 Å². The fraction of sp³-hybridized carbons (Fsp3) is 0.143. The fourth-order valence-electron chi connectivity index (χ4n) is 6.25.